The standard InChI is InChI=1S/C17H15FO5/c1-2-22-10-23-14-5-3-4-13(18)15(14)16(19)11-6-8-12(9-7-11)17(20)21/h3-9H,2,10H2,1H3,(H,20,21). The van der Waals surface area contributed by atoms with Crippen LogP contribution < -0.4 is 4.74 Å². The second kappa shape index (κ2) is 7.51. The summed E-state index contributed by atoms with van der Waals surface area (Å²) >= 11 is 0. The van der Waals surface area contributed by atoms with Gasteiger partial charge in [-0.05, 0) is 31.2 Å². The maximum Gasteiger partial charge on any atom is 0.335 e. The minimum Gasteiger partial charge on any atom is -0.478 e. The van der Waals surface area contributed by atoms with Crippen LogP contribution in [0.2, 0.25) is 0 Å². The molecule has 0 aliphatic heterocycles. The highest BCUT2D eigenvalue weighted by Crippen LogP contribution is 2.25. The molecule has 2 rings (SSSR count). The predicted molar refractivity (Wildman–Crippen MR) is 80.4 cm³/mol. The molecule has 0 fully saturated rings. The Morgan fingerprint density at radius 2 is 1.74 bits per heavy atom. The van der Waals surface area contributed by atoms with E-state index in [1.807, 2.05) is 0 Å². The number of halogens is 1. The lowest BCUT2D eigenvalue weighted by atomic mass is 10.0. The number of carboxylic acids is 1. The van der Waals surface area contributed by atoms with E-state index in [2.05, 4.69) is 0 Å². The average molecular weight is 318 g/mol. The van der Waals surface area contributed by atoms with Crippen LogP contribution in [0.15, 0.2) is 42.5 Å². The van der Waals surface area contributed by atoms with Crippen LogP contribution in [-0.4, -0.2) is 30.3 Å². The number of ketones is 1. The lowest BCUT2D eigenvalue weighted by Gasteiger charge is -2.11. The molecular weight excluding hydrogens is 303 g/mol. The summed E-state index contributed by atoms with van der Waals surface area (Å²) < 4.78 is 24.4. The van der Waals surface area contributed by atoms with E-state index in [0.717, 1.165) is 6.07 Å². The Morgan fingerprint density at radius 1 is 1.09 bits per heavy atom. The minimum absolute atomic E-state index is 0.0444. The quantitative estimate of drug-likeness (QED) is 0.482. The number of carbonyl (C=O) groups is 2. The van der Waals surface area contributed by atoms with E-state index in [4.69, 9.17) is 14.6 Å². The van der Waals surface area contributed by atoms with E-state index < -0.39 is 17.6 Å². The third-order valence-electron chi connectivity index (χ3n) is 3.10. The van der Waals surface area contributed by atoms with Gasteiger partial charge in [-0.15, -0.1) is 0 Å². The van der Waals surface area contributed by atoms with Crippen LogP contribution in [-0.2, 0) is 4.74 Å². The first-order valence-electron chi connectivity index (χ1n) is 6.91. The first-order chi connectivity index (χ1) is 11.0. The van der Waals surface area contributed by atoms with Crippen molar-refractivity contribution < 1.29 is 28.6 Å². The van der Waals surface area contributed by atoms with Crippen molar-refractivity contribution in [1.29, 1.82) is 0 Å². The van der Waals surface area contributed by atoms with Crippen LogP contribution >= 0.6 is 0 Å². The molecule has 0 saturated heterocycles. The van der Waals surface area contributed by atoms with Crippen molar-refractivity contribution in [3.63, 3.8) is 0 Å². The average Bonchev–Trinajstić information content (AvgIpc) is 2.55. The fourth-order valence-corrected chi connectivity index (χ4v) is 1.94. The van der Waals surface area contributed by atoms with E-state index >= 15 is 0 Å². The number of aromatic carboxylic acids is 1. The number of carbonyl (C=O) groups excluding carboxylic acids is 1. The molecule has 2 aromatic rings. The van der Waals surface area contributed by atoms with Gasteiger partial charge in [0.2, 0.25) is 0 Å². The van der Waals surface area contributed by atoms with Gasteiger partial charge in [0.05, 0.1) is 5.56 Å². The zero-order valence-corrected chi connectivity index (χ0v) is 12.4. The second-order valence-corrected chi connectivity index (χ2v) is 4.58. The van der Waals surface area contributed by atoms with Crippen molar-refractivity contribution >= 4 is 11.8 Å². The Morgan fingerprint density at radius 3 is 2.35 bits per heavy atom. The van der Waals surface area contributed by atoms with Gasteiger partial charge in [-0.25, -0.2) is 9.18 Å². The molecule has 0 atom stereocenters. The summed E-state index contributed by atoms with van der Waals surface area (Å²) in [6.07, 6.45) is 0. The zero-order valence-electron chi connectivity index (χ0n) is 12.4. The normalized spacial score (nSPS) is 10.3. The van der Waals surface area contributed by atoms with Crippen LogP contribution in [0.5, 0.6) is 5.75 Å². The van der Waals surface area contributed by atoms with Crippen molar-refractivity contribution in [3.8, 4) is 5.75 Å². The fraction of sp³-hybridized carbons (Fsp3) is 0.176. The number of benzene rings is 2. The molecule has 0 amide bonds. The summed E-state index contributed by atoms with van der Waals surface area (Å²) in [6.45, 7) is 2.11. The molecular formula is C17H15FO5. The van der Waals surface area contributed by atoms with E-state index in [0.29, 0.717) is 6.61 Å². The molecule has 0 aromatic heterocycles. The van der Waals surface area contributed by atoms with Crippen molar-refractivity contribution in [2.75, 3.05) is 13.4 Å². The third-order valence-corrected chi connectivity index (χ3v) is 3.10. The highest BCUT2D eigenvalue weighted by Gasteiger charge is 2.20. The van der Waals surface area contributed by atoms with E-state index in [9.17, 15) is 14.0 Å². The van der Waals surface area contributed by atoms with Gasteiger partial charge in [0.1, 0.15) is 17.1 Å². The van der Waals surface area contributed by atoms with Gasteiger partial charge in [0.25, 0.3) is 0 Å². The maximum atomic E-state index is 14.1. The summed E-state index contributed by atoms with van der Waals surface area (Å²) in [5.74, 6) is -2.33. The molecule has 120 valence electrons. The Balaban J connectivity index is 2.32. The molecule has 0 aliphatic carbocycles. The topological polar surface area (TPSA) is 72.8 Å². The summed E-state index contributed by atoms with van der Waals surface area (Å²) in [5.41, 5.74) is -0.000425. The molecule has 0 aliphatic rings. The summed E-state index contributed by atoms with van der Waals surface area (Å²) in [6, 6.07) is 9.32. The predicted octanol–water partition coefficient (Wildman–Crippen LogP) is 3.13. The number of hydrogen-bond acceptors (Lipinski definition) is 4. The van der Waals surface area contributed by atoms with Gasteiger partial charge < -0.3 is 14.6 Å². The fourth-order valence-electron chi connectivity index (χ4n) is 1.94. The molecule has 23 heavy (non-hydrogen) atoms. The van der Waals surface area contributed by atoms with E-state index in [-0.39, 0.29) is 29.2 Å². The van der Waals surface area contributed by atoms with Crippen LogP contribution in [0.3, 0.4) is 0 Å². The summed E-state index contributed by atoms with van der Waals surface area (Å²) in [5, 5.41) is 8.86. The van der Waals surface area contributed by atoms with Gasteiger partial charge in [0, 0.05) is 12.2 Å². The molecule has 0 radical (unpaired) electrons. The van der Waals surface area contributed by atoms with Gasteiger partial charge in [0.15, 0.2) is 12.6 Å². The molecule has 0 saturated carbocycles. The van der Waals surface area contributed by atoms with Crippen LogP contribution in [0.1, 0.15) is 33.2 Å². The highest BCUT2D eigenvalue weighted by atomic mass is 19.1. The van der Waals surface area contributed by atoms with Crippen molar-refractivity contribution in [1.82, 2.24) is 0 Å². The van der Waals surface area contributed by atoms with Gasteiger partial charge in [-0.3, -0.25) is 4.79 Å². The Hall–Kier alpha value is -2.73. The Labute approximate surface area is 132 Å². The number of carboxylic acid groups (broad SMARTS) is 1. The SMILES string of the molecule is CCOCOc1cccc(F)c1C(=O)c1ccc(C(=O)O)cc1. The molecule has 5 nitrogen and oxygen atoms in total. The largest absolute Gasteiger partial charge is 0.478 e. The highest BCUT2D eigenvalue weighted by molar-refractivity contribution is 6.11. The lowest BCUT2D eigenvalue weighted by Crippen LogP contribution is -2.10. The van der Waals surface area contributed by atoms with Crippen LogP contribution in [0.25, 0.3) is 0 Å². The molecule has 0 unspecified atom stereocenters. The molecule has 2 aromatic carbocycles. The second-order valence-electron chi connectivity index (χ2n) is 4.58. The summed E-state index contributed by atoms with van der Waals surface area (Å²) in [4.78, 5) is 23.3. The molecule has 6 heteroatoms. The van der Waals surface area contributed by atoms with Gasteiger partial charge in [-0.2, -0.15) is 0 Å². The maximum absolute atomic E-state index is 14.1. The van der Waals surface area contributed by atoms with Crippen molar-refractivity contribution in [2.45, 2.75) is 6.92 Å². The van der Waals surface area contributed by atoms with Crippen LogP contribution in [0, 0.1) is 5.82 Å². The van der Waals surface area contributed by atoms with Crippen molar-refractivity contribution in [2.24, 2.45) is 0 Å². The first kappa shape index (κ1) is 16.6. The Kier molecular flexibility index (Phi) is 5.43. The molecule has 1 N–H and O–H groups in total. The Bertz CT molecular complexity index is 709. The summed E-state index contributed by atoms with van der Waals surface area (Å²) in [7, 11) is 0. The smallest absolute Gasteiger partial charge is 0.335 e. The molecule has 0 bridgehead atoms. The van der Waals surface area contributed by atoms with Gasteiger partial charge >= 0.3 is 5.97 Å². The van der Waals surface area contributed by atoms with E-state index in [1.54, 1.807) is 6.92 Å². The van der Waals surface area contributed by atoms with Crippen LogP contribution in [0.4, 0.5) is 4.39 Å². The number of ether oxygens (including phenoxy) is 2. The number of rotatable bonds is 7. The van der Waals surface area contributed by atoms with Crippen molar-refractivity contribution in [3.05, 3.63) is 65.0 Å². The van der Waals surface area contributed by atoms with Gasteiger partial charge in [-0.1, -0.05) is 18.2 Å². The zero-order chi connectivity index (χ0) is 16.8. The third kappa shape index (κ3) is 3.92. The van der Waals surface area contributed by atoms with E-state index in [1.165, 1.54) is 36.4 Å². The first-order valence-corrected chi connectivity index (χ1v) is 6.91. The minimum atomic E-state index is -1.10. The molecule has 0 heterocycles. The lowest BCUT2D eigenvalue weighted by molar-refractivity contribution is 0.0218. The monoisotopic (exact) mass is 318 g/mol. The number of hydrogen-bond donors (Lipinski definition) is 1. The molecule has 0 spiro atoms.